The Kier molecular flexibility index (Phi) is 7.29. The van der Waals surface area contributed by atoms with E-state index in [-0.39, 0.29) is 17.7 Å². The van der Waals surface area contributed by atoms with Crippen molar-refractivity contribution in [1.82, 2.24) is 10.2 Å². The second kappa shape index (κ2) is 10.1. The van der Waals surface area contributed by atoms with Crippen LogP contribution in [0, 0.1) is 5.92 Å². The van der Waals surface area contributed by atoms with Gasteiger partial charge in [-0.2, -0.15) is 0 Å². The van der Waals surface area contributed by atoms with Crippen LogP contribution in [0.3, 0.4) is 0 Å². The first kappa shape index (κ1) is 22.3. The lowest BCUT2D eigenvalue weighted by Gasteiger charge is -2.28. The number of carbonyl (C=O) groups excluding carboxylic acids is 2. The molecule has 5 heteroatoms. The standard InChI is InChI=1S/C26H30N2O3/c1-5-18(2)24(27-25(29)20-9-7-6-8-10-20)26(30)28(3)17-19-11-12-22-16-23(31-4)14-13-21(22)15-19/h6-16,18,24H,5,17H2,1-4H3,(H,27,29). The van der Waals surface area contributed by atoms with Gasteiger partial charge in [0.1, 0.15) is 11.8 Å². The molecule has 162 valence electrons. The molecule has 0 saturated heterocycles. The normalized spacial score (nSPS) is 12.8. The monoisotopic (exact) mass is 418 g/mol. The Morgan fingerprint density at radius 3 is 2.35 bits per heavy atom. The summed E-state index contributed by atoms with van der Waals surface area (Å²) in [6.45, 7) is 4.48. The topological polar surface area (TPSA) is 58.6 Å². The van der Waals surface area contributed by atoms with Crippen LogP contribution >= 0.6 is 0 Å². The Bertz CT molecular complexity index is 1050. The SMILES string of the molecule is CCC(C)C(NC(=O)c1ccccc1)C(=O)N(C)Cc1ccc2cc(OC)ccc2c1. The third-order valence-corrected chi connectivity index (χ3v) is 5.71. The van der Waals surface area contributed by atoms with Crippen LogP contribution in [-0.2, 0) is 11.3 Å². The summed E-state index contributed by atoms with van der Waals surface area (Å²) in [6.07, 6.45) is 0.789. The summed E-state index contributed by atoms with van der Waals surface area (Å²) in [6, 6.07) is 20.5. The van der Waals surface area contributed by atoms with Gasteiger partial charge >= 0.3 is 0 Å². The number of hydrogen-bond acceptors (Lipinski definition) is 3. The molecule has 2 unspecified atom stereocenters. The molecule has 0 aliphatic heterocycles. The van der Waals surface area contributed by atoms with E-state index in [1.165, 1.54) is 0 Å². The smallest absolute Gasteiger partial charge is 0.251 e. The highest BCUT2D eigenvalue weighted by atomic mass is 16.5. The molecule has 1 N–H and O–H groups in total. The molecule has 0 spiro atoms. The summed E-state index contributed by atoms with van der Waals surface area (Å²) in [4.78, 5) is 27.6. The molecule has 0 heterocycles. The Morgan fingerprint density at radius 1 is 1.00 bits per heavy atom. The third-order valence-electron chi connectivity index (χ3n) is 5.71. The molecule has 3 aromatic rings. The van der Waals surface area contributed by atoms with E-state index in [1.807, 2.05) is 62.4 Å². The van der Waals surface area contributed by atoms with E-state index in [1.54, 1.807) is 31.2 Å². The van der Waals surface area contributed by atoms with Gasteiger partial charge in [-0.3, -0.25) is 9.59 Å². The van der Waals surface area contributed by atoms with Crippen molar-refractivity contribution < 1.29 is 14.3 Å². The van der Waals surface area contributed by atoms with E-state index < -0.39 is 6.04 Å². The zero-order chi connectivity index (χ0) is 22.4. The number of ether oxygens (including phenoxy) is 1. The molecule has 0 aliphatic rings. The maximum absolute atomic E-state index is 13.3. The minimum atomic E-state index is -0.576. The van der Waals surface area contributed by atoms with Crippen LogP contribution in [0.15, 0.2) is 66.7 Å². The van der Waals surface area contributed by atoms with Gasteiger partial charge in [-0.1, -0.05) is 56.7 Å². The van der Waals surface area contributed by atoms with Crippen LogP contribution in [0.1, 0.15) is 36.2 Å². The third kappa shape index (κ3) is 5.43. The predicted molar refractivity (Wildman–Crippen MR) is 124 cm³/mol. The fraction of sp³-hybridized carbons (Fsp3) is 0.308. The average Bonchev–Trinajstić information content (AvgIpc) is 2.81. The Labute approximate surface area is 184 Å². The second-order valence-electron chi connectivity index (χ2n) is 7.94. The summed E-state index contributed by atoms with van der Waals surface area (Å²) in [5.74, 6) is 0.519. The number of likely N-dealkylation sites (N-methyl/N-ethyl adjacent to an activating group) is 1. The molecule has 0 radical (unpaired) electrons. The Balaban J connectivity index is 1.74. The van der Waals surface area contributed by atoms with Gasteiger partial charge in [-0.05, 0) is 52.6 Å². The minimum absolute atomic E-state index is 0.0201. The summed E-state index contributed by atoms with van der Waals surface area (Å²) in [5, 5.41) is 5.13. The molecule has 0 aliphatic carbocycles. The number of nitrogens with zero attached hydrogens (tertiary/aromatic N) is 1. The van der Waals surface area contributed by atoms with Gasteiger partial charge in [0.15, 0.2) is 0 Å². The molecule has 2 atom stereocenters. The van der Waals surface area contributed by atoms with Gasteiger partial charge in [0.2, 0.25) is 5.91 Å². The maximum Gasteiger partial charge on any atom is 0.251 e. The van der Waals surface area contributed by atoms with E-state index in [0.29, 0.717) is 12.1 Å². The van der Waals surface area contributed by atoms with Gasteiger partial charge in [0.25, 0.3) is 5.91 Å². The predicted octanol–water partition coefficient (Wildman–Crippen LogP) is 4.65. The molecule has 0 bridgehead atoms. The highest BCUT2D eigenvalue weighted by molar-refractivity contribution is 5.97. The maximum atomic E-state index is 13.3. The second-order valence-corrected chi connectivity index (χ2v) is 7.94. The molecule has 2 amide bonds. The van der Waals surface area contributed by atoms with Crippen molar-refractivity contribution in [2.24, 2.45) is 5.92 Å². The van der Waals surface area contributed by atoms with E-state index in [0.717, 1.165) is 28.5 Å². The molecule has 3 aromatic carbocycles. The number of carbonyl (C=O) groups is 2. The van der Waals surface area contributed by atoms with Crippen molar-refractivity contribution in [3.05, 3.63) is 77.9 Å². The highest BCUT2D eigenvalue weighted by Gasteiger charge is 2.28. The number of methoxy groups -OCH3 is 1. The molecule has 3 rings (SSSR count). The number of rotatable bonds is 8. The fourth-order valence-electron chi connectivity index (χ4n) is 3.59. The minimum Gasteiger partial charge on any atom is -0.497 e. The number of nitrogens with one attached hydrogen (secondary N) is 1. The van der Waals surface area contributed by atoms with E-state index >= 15 is 0 Å². The van der Waals surface area contributed by atoms with Gasteiger partial charge < -0.3 is 15.0 Å². The lowest BCUT2D eigenvalue weighted by atomic mass is 9.97. The molecule has 0 saturated carbocycles. The zero-order valence-electron chi connectivity index (χ0n) is 18.6. The van der Waals surface area contributed by atoms with Crippen molar-refractivity contribution in [2.75, 3.05) is 14.2 Å². The molecule has 31 heavy (non-hydrogen) atoms. The van der Waals surface area contributed by atoms with Crippen LogP contribution in [-0.4, -0.2) is 36.9 Å². The van der Waals surface area contributed by atoms with Gasteiger partial charge in [-0.15, -0.1) is 0 Å². The van der Waals surface area contributed by atoms with Gasteiger partial charge in [0.05, 0.1) is 7.11 Å². The molecular formula is C26H30N2O3. The van der Waals surface area contributed by atoms with Crippen molar-refractivity contribution >= 4 is 22.6 Å². The largest absolute Gasteiger partial charge is 0.497 e. The lowest BCUT2D eigenvalue weighted by Crippen LogP contribution is -2.50. The van der Waals surface area contributed by atoms with Gasteiger partial charge in [-0.25, -0.2) is 0 Å². The number of benzene rings is 3. The summed E-state index contributed by atoms with van der Waals surface area (Å²) in [5.41, 5.74) is 1.59. The van der Waals surface area contributed by atoms with Crippen LogP contribution in [0.5, 0.6) is 5.75 Å². The number of fused-ring (bicyclic) bond motifs is 1. The molecule has 0 aromatic heterocycles. The first-order chi connectivity index (χ1) is 14.9. The van der Waals surface area contributed by atoms with E-state index in [2.05, 4.69) is 11.4 Å². The molecule has 5 nitrogen and oxygen atoms in total. The van der Waals surface area contributed by atoms with Gasteiger partial charge in [0, 0.05) is 19.2 Å². The number of hydrogen-bond donors (Lipinski definition) is 1. The quantitative estimate of drug-likeness (QED) is 0.579. The number of amides is 2. The summed E-state index contributed by atoms with van der Waals surface area (Å²) in [7, 11) is 3.44. The van der Waals surface area contributed by atoms with E-state index in [9.17, 15) is 9.59 Å². The first-order valence-corrected chi connectivity index (χ1v) is 10.6. The Morgan fingerprint density at radius 2 is 1.68 bits per heavy atom. The van der Waals surface area contributed by atoms with Crippen LogP contribution in [0.2, 0.25) is 0 Å². The highest BCUT2D eigenvalue weighted by Crippen LogP contribution is 2.22. The fourth-order valence-corrected chi connectivity index (χ4v) is 3.59. The summed E-state index contributed by atoms with van der Waals surface area (Å²) < 4.78 is 5.28. The lowest BCUT2D eigenvalue weighted by molar-refractivity contribution is -0.133. The van der Waals surface area contributed by atoms with Crippen molar-refractivity contribution in [2.45, 2.75) is 32.9 Å². The Hall–Kier alpha value is -3.34. The summed E-state index contributed by atoms with van der Waals surface area (Å²) >= 11 is 0. The van der Waals surface area contributed by atoms with Crippen molar-refractivity contribution in [1.29, 1.82) is 0 Å². The van der Waals surface area contributed by atoms with E-state index in [4.69, 9.17) is 4.74 Å². The van der Waals surface area contributed by atoms with Crippen LogP contribution in [0.4, 0.5) is 0 Å². The average molecular weight is 419 g/mol. The van der Waals surface area contributed by atoms with Crippen LogP contribution in [0.25, 0.3) is 10.8 Å². The first-order valence-electron chi connectivity index (χ1n) is 10.6. The van der Waals surface area contributed by atoms with Crippen molar-refractivity contribution in [3.8, 4) is 5.75 Å². The van der Waals surface area contributed by atoms with Crippen LogP contribution < -0.4 is 10.1 Å². The van der Waals surface area contributed by atoms with Crippen molar-refractivity contribution in [3.63, 3.8) is 0 Å². The molecular weight excluding hydrogens is 388 g/mol. The molecule has 0 fully saturated rings. The zero-order valence-corrected chi connectivity index (χ0v) is 18.6.